The van der Waals surface area contributed by atoms with Gasteiger partial charge in [-0.05, 0) is 75.3 Å². The molecule has 0 atom stereocenters. The Labute approximate surface area is 357 Å². The molecule has 7 rings (SSSR count). The van der Waals surface area contributed by atoms with Gasteiger partial charge in [0.05, 0.1) is 0 Å². The van der Waals surface area contributed by atoms with Crippen molar-refractivity contribution in [3.63, 3.8) is 0 Å². The van der Waals surface area contributed by atoms with Crippen LogP contribution < -0.4 is 33.2 Å². The Kier molecular flexibility index (Phi) is 15.0. The molecular formula is C52H47ClO7. The topological polar surface area (TPSA) is 64.6 Å². The van der Waals surface area contributed by atoms with Crippen molar-refractivity contribution in [2.45, 2.75) is 45.5 Å². The Balaban J connectivity index is 1.12. The highest BCUT2D eigenvalue weighted by molar-refractivity contribution is 6.17. The molecule has 0 saturated heterocycles. The summed E-state index contributed by atoms with van der Waals surface area (Å²) in [7, 11) is 0. The molecule has 0 aliphatic heterocycles. The summed E-state index contributed by atoms with van der Waals surface area (Å²) in [6, 6.07) is 55.5. The molecule has 0 N–H and O–H groups in total. The van der Waals surface area contributed by atoms with Crippen molar-refractivity contribution >= 4 is 11.6 Å². The van der Waals surface area contributed by atoms with Gasteiger partial charge < -0.3 is 33.2 Å². The molecule has 0 aromatic heterocycles. The molecule has 0 heterocycles. The summed E-state index contributed by atoms with van der Waals surface area (Å²) in [5.41, 5.74) is 6.71. The molecule has 304 valence electrons. The maximum absolute atomic E-state index is 6.53. The molecule has 0 spiro atoms. The van der Waals surface area contributed by atoms with Crippen LogP contribution in [0.1, 0.15) is 38.9 Å². The van der Waals surface area contributed by atoms with Crippen LogP contribution in [-0.2, 0) is 45.5 Å². The van der Waals surface area contributed by atoms with Gasteiger partial charge in [0.2, 0.25) is 5.75 Å². The third-order valence-electron chi connectivity index (χ3n) is 9.24. The zero-order chi connectivity index (χ0) is 41.2. The molecule has 0 saturated carbocycles. The molecule has 7 nitrogen and oxygen atoms in total. The molecule has 0 aliphatic carbocycles. The molecule has 0 aliphatic rings. The minimum atomic E-state index is 0.183. The van der Waals surface area contributed by atoms with Crippen LogP contribution in [0.15, 0.2) is 183 Å². The third-order valence-corrected chi connectivity index (χ3v) is 9.55. The number of hydrogen-bond acceptors (Lipinski definition) is 7. The molecule has 0 bridgehead atoms. The summed E-state index contributed by atoms with van der Waals surface area (Å²) in [4.78, 5) is 0. The summed E-state index contributed by atoms with van der Waals surface area (Å²) in [6.45, 7) is 6.09. The zero-order valence-electron chi connectivity index (χ0n) is 33.3. The number of rotatable bonds is 22. The summed E-state index contributed by atoms with van der Waals surface area (Å²) in [5.74, 6) is 4.24. The Morgan fingerprint density at radius 2 is 0.667 bits per heavy atom. The van der Waals surface area contributed by atoms with Crippen molar-refractivity contribution < 1.29 is 33.2 Å². The summed E-state index contributed by atoms with van der Waals surface area (Å²) >= 11 is 6.45. The van der Waals surface area contributed by atoms with Crippen LogP contribution in [0.2, 0.25) is 0 Å². The fourth-order valence-corrected chi connectivity index (χ4v) is 6.41. The van der Waals surface area contributed by atoms with Gasteiger partial charge in [-0.25, -0.2) is 0 Å². The molecule has 0 radical (unpaired) electrons. The van der Waals surface area contributed by atoms with E-state index < -0.39 is 0 Å². The van der Waals surface area contributed by atoms with E-state index in [-0.39, 0.29) is 25.7 Å². The lowest BCUT2D eigenvalue weighted by Gasteiger charge is -2.19. The molecule has 8 heteroatoms. The number of alkyl halides is 1. The normalized spacial score (nSPS) is 10.7. The second-order valence-electron chi connectivity index (χ2n) is 14.0. The lowest BCUT2D eigenvalue weighted by Crippen LogP contribution is -2.06. The number of benzene rings is 7. The van der Waals surface area contributed by atoms with Gasteiger partial charge >= 0.3 is 0 Å². The standard InChI is InChI=1S/C52H47ClO7/c1-2-23-54-52-50(59-37-44-24-46(55-33-39-15-7-3-8-16-39)30-47(25-44)56-34-40-17-9-4-10-18-40)28-43(32-53)29-51(52)60-38-45-26-48(57-35-41-19-11-5-12-20-41)31-49(27-45)58-36-42-21-13-6-14-22-42/h2-22,24-31H,1,23,32-38H2. The van der Waals surface area contributed by atoms with E-state index in [0.717, 1.165) is 38.9 Å². The lowest BCUT2D eigenvalue weighted by atomic mass is 10.1. The third kappa shape index (κ3) is 12.6. The smallest absolute Gasteiger partial charge is 0.203 e. The van der Waals surface area contributed by atoms with Crippen molar-refractivity contribution in [1.82, 2.24) is 0 Å². The van der Waals surface area contributed by atoms with E-state index in [9.17, 15) is 0 Å². The highest BCUT2D eigenvalue weighted by Crippen LogP contribution is 2.41. The Morgan fingerprint density at radius 3 is 0.967 bits per heavy atom. The summed E-state index contributed by atoms with van der Waals surface area (Å²) in [6.07, 6.45) is 1.68. The Morgan fingerprint density at radius 1 is 0.350 bits per heavy atom. The first kappa shape index (κ1) is 41.3. The van der Waals surface area contributed by atoms with Gasteiger partial charge in [0, 0.05) is 18.0 Å². The number of hydrogen-bond donors (Lipinski definition) is 0. The van der Waals surface area contributed by atoms with E-state index in [4.69, 9.17) is 44.8 Å². The van der Waals surface area contributed by atoms with Crippen LogP contribution in [0.3, 0.4) is 0 Å². The highest BCUT2D eigenvalue weighted by atomic mass is 35.5. The van der Waals surface area contributed by atoms with Crippen LogP contribution in [0.25, 0.3) is 0 Å². The van der Waals surface area contributed by atoms with Crippen molar-refractivity contribution in [3.05, 3.63) is 221 Å². The molecule has 7 aromatic carbocycles. The van der Waals surface area contributed by atoms with Crippen molar-refractivity contribution in [2.75, 3.05) is 6.61 Å². The van der Waals surface area contributed by atoms with Crippen LogP contribution >= 0.6 is 11.6 Å². The van der Waals surface area contributed by atoms with Crippen LogP contribution in [0, 0.1) is 0 Å². The minimum absolute atomic E-state index is 0.183. The van der Waals surface area contributed by atoms with E-state index in [1.165, 1.54) is 0 Å². The molecule has 7 aromatic rings. The van der Waals surface area contributed by atoms with Crippen molar-refractivity contribution in [2.24, 2.45) is 0 Å². The monoisotopic (exact) mass is 818 g/mol. The summed E-state index contributed by atoms with van der Waals surface area (Å²) in [5, 5.41) is 0. The van der Waals surface area contributed by atoms with E-state index in [1.54, 1.807) is 6.08 Å². The molecular weight excluding hydrogens is 772 g/mol. The summed E-state index contributed by atoms with van der Waals surface area (Å²) < 4.78 is 44.3. The van der Waals surface area contributed by atoms with Gasteiger partial charge in [0.25, 0.3) is 0 Å². The van der Waals surface area contributed by atoms with E-state index >= 15 is 0 Å². The maximum atomic E-state index is 6.53. The van der Waals surface area contributed by atoms with Gasteiger partial charge in [-0.1, -0.05) is 134 Å². The first-order valence-corrected chi connectivity index (χ1v) is 20.3. The van der Waals surface area contributed by atoms with E-state index in [2.05, 4.69) is 6.58 Å². The van der Waals surface area contributed by atoms with E-state index in [1.807, 2.05) is 170 Å². The SMILES string of the molecule is C=CCOc1c(OCc2cc(OCc3ccccc3)cc(OCc3ccccc3)c2)cc(CCl)cc1OCc1cc(OCc2ccccc2)cc(OCc2ccccc2)c1. The predicted octanol–water partition coefficient (Wildman–Crippen LogP) is 12.5. The predicted molar refractivity (Wildman–Crippen MR) is 236 cm³/mol. The molecule has 60 heavy (non-hydrogen) atoms. The van der Waals surface area contributed by atoms with Gasteiger partial charge in [-0.3, -0.25) is 0 Å². The van der Waals surface area contributed by atoms with Crippen molar-refractivity contribution in [3.8, 4) is 40.2 Å². The van der Waals surface area contributed by atoms with Gasteiger partial charge in [-0.2, -0.15) is 0 Å². The van der Waals surface area contributed by atoms with Crippen LogP contribution in [-0.4, -0.2) is 6.61 Å². The first-order valence-electron chi connectivity index (χ1n) is 19.8. The number of halogens is 1. The molecule has 0 fully saturated rings. The van der Waals surface area contributed by atoms with Gasteiger partial charge in [0.15, 0.2) is 11.5 Å². The second-order valence-corrected chi connectivity index (χ2v) is 14.2. The Bertz CT molecular complexity index is 2110. The molecule has 0 unspecified atom stereocenters. The highest BCUT2D eigenvalue weighted by Gasteiger charge is 2.18. The minimum Gasteiger partial charge on any atom is -0.489 e. The van der Waals surface area contributed by atoms with Gasteiger partial charge in [-0.15, -0.1) is 11.6 Å². The van der Waals surface area contributed by atoms with E-state index in [0.29, 0.717) is 66.7 Å². The average Bonchev–Trinajstić information content (AvgIpc) is 3.30. The first-order chi connectivity index (χ1) is 29.6. The van der Waals surface area contributed by atoms with Gasteiger partial charge in [0.1, 0.15) is 69.2 Å². The fraction of sp³-hybridized carbons (Fsp3) is 0.154. The van der Waals surface area contributed by atoms with Crippen molar-refractivity contribution in [1.29, 1.82) is 0 Å². The molecule has 0 amide bonds. The lowest BCUT2D eigenvalue weighted by molar-refractivity contribution is 0.245. The van der Waals surface area contributed by atoms with Crippen LogP contribution in [0.5, 0.6) is 40.2 Å². The largest absolute Gasteiger partial charge is 0.489 e. The maximum Gasteiger partial charge on any atom is 0.203 e. The number of ether oxygens (including phenoxy) is 7. The second kappa shape index (κ2) is 21.8. The van der Waals surface area contributed by atoms with Crippen LogP contribution in [0.4, 0.5) is 0 Å². The average molecular weight is 819 g/mol. The Hall–Kier alpha value is -6.83. The quantitative estimate of drug-likeness (QED) is 0.0498. The fourth-order valence-electron chi connectivity index (χ4n) is 6.25. The zero-order valence-corrected chi connectivity index (χ0v) is 34.1.